The molecule has 1 aliphatic heterocycles. The highest BCUT2D eigenvalue weighted by atomic mass is 32.1. The van der Waals surface area contributed by atoms with Crippen LogP contribution >= 0.6 is 11.3 Å². The van der Waals surface area contributed by atoms with E-state index in [-0.39, 0.29) is 70.1 Å². The van der Waals surface area contributed by atoms with E-state index in [1.165, 1.54) is 23.1 Å². The number of carboxylic acids is 1. The minimum Gasteiger partial charge on any atom is -0.491 e. The van der Waals surface area contributed by atoms with Crippen molar-refractivity contribution in [3.05, 3.63) is 124 Å². The van der Waals surface area contributed by atoms with Crippen molar-refractivity contribution in [2.45, 2.75) is 65.8 Å². The van der Waals surface area contributed by atoms with E-state index in [0.29, 0.717) is 39.2 Å². The molecule has 0 bridgehead atoms. The first-order valence-corrected chi connectivity index (χ1v) is 23.6. The zero-order valence-electron chi connectivity index (χ0n) is 39.4. The molecule has 7 rings (SSSR count). The Bertz CT molecular complexity index is 2840. The number of benzene rings is 4. The molecule has 2 aromatic heterocycles. The summed E-state index contributed by atoms with van der Waals surface area (Å²) < 4.78 is 51.3. The monoisotopic (exact) mass is 979 g/mol. The number of fused-ring (bicyclic) bond motifs is 1. The molecule has 0 saturated carbocycles. The second kappa shape index (κ2) is 22.7. The van der Waals surface area contributed by atoms with Gasteiger partial charge in [-0.05, 0) is 71.8 Å². The summed E-state index contributed by atoms with van der Waals surface area (Å²) in [5.41, 5.74) is 6.52. The second-order valence-electron chi connectivity index (χ2n) is 17.9. The Kier molecular flexibility index (Phi) is 16.5. The van der Waals surface area contributed by atoms with E-state index in [2.05, 4.69) is 20.6 Å². The maximum absolute atomic E-state index is 15.3. The highest BCUT2D eigenvalue weighted by Crippen LogP contribution is 2.34. The van der Waals surface area contributed by atoms with Crippen molar-refractivity contribution in [3.8, 4) is 38.6 Å². The molecule has 0 aliphatic carbocycles. The van der Waals surface area contributed by atoms with E-state index in [9.17, 15) is 33.8 Å². The molecular weight excluding hydrogens is 925 g/mol. The number of carbonyl (C=O) groups is 4. The molecule has 1 saturated heterocycles. The molecule has 3 amide bonds. The summed E-state index contributed by atoms with van der Waals surface area (Å²) in [7, 11) is 0. The van der Waals surface area contributed by atoms with Crippen LogP contribution in [0.25, 0.3) is 43.7 Å². The van der Waals surface area contributed by atoms with Gasteiger partial charge >= 0.3 is 12.1 Å². The van der Waals surface area contributed by atoms with Gasteiger partial charge in [0.25, 0.3) is 0 Å². The van der Waals surface area contributed by atoms with Crippen molar-refractivity contribution in [2.75, 3.05) is 46.2 Å². The van der Waals surface area contributed by atoms with Gasteiger partial charge in [0.05, 0.1) is 65.4 Å². The lowest BCUT2D eigenvalue weighted by Crippen LogP contribution is -2.57. The van der Waals surface area contributed by atoms with Crippen LogP contribution in [0.3, 0.4) is 0 Å². The molecular formula is C52H55F2N5O10S. The van der Waals surface area contributed by atoms with Gasteiger partial charge in [0.15, 0.2) is 0 Å². The lowest BCUT2D eigenvalue weighted by Gasteiger charge is -2.35. The van der Waals surface area contributed by atoms with Gasteiger partial charge in [-0.1, -0.05) is 69.3 Å². The first kappa shape index (κ1) is 51.0. The Hall–Kier alpha value is -6.86. The van der Waals surface area contributed by atoms with E-state index in [1.807, 2.05) is 31.2 Å². The Morgan fingerprint density at radius 3 is 2.19 bits per heavy atom. The topological polar surface area (TPSA) is 199 Å². The molecule has 15 nitrogen and oxygen atoms in total. The summed E-state index contributed by atoms with van der Waals surface area (Å²) in [5, 5.41) is 26.2. The van der Waals surface area contributed by atoms with Gasteiger partial charge in [-0.15, -0.1) is 11.3 Å². The van der Waals surface area contributed by atoms with Crippen LogP contribution in [-0.2, 0) is 30.3 Å². The molecule has 4 aromatic carbocycles. The van der Waals surface area contributed by atoms with Crippen molar-refractivity contribution in [2.24, 2.45) is 5.41 Å². The molecule has 368 valence electrons. The van der Waals surface area contributed by atoms with Crippen molar-refractivity contribution >= 4 is 46.1 Å². The molecule has 6 aromatic rings. The van der Waals surface area contributed by atoms with Gasteiger partial charge in [-0.3, -0.25) is 9.59 Å². The van der Waals surface area contributed by atoms with Crippen molar-refractivity contribution in [1.29, 1.82) is 0 Å². The number of β-amino-alcohol motifs (C(OH)–C–C–N with tert-alkyl or cyclic N) is 1. The zero-order valence-corrected chi connectivity index (χ0v) is 40.2. The zero-order chi connectivity index (χ0) is 50.1. The Balaban J connectivity index is 0.796. The molecule has 0 radical (unpaired) electrons. The predicted molar refractivity (Wildman–Crippen MR) is 259 cm³/mol. The number of aryl methyl sites for hydroxylation is 1. The lowest BCUT2D eigenvalue weighted by molar-refractivity contribution is -0.142. The van der Waals surface area contributed by atoms with Crippen molar-refractivity contribution < 1.29 is 57.1 Å². The number of likely N-dealkylation sites (tertiary alicyclic amines) is 1. The highest BCUT2D eigenvalue weighted by Gasteiger charge is 2.44. The molecule has 3 heterocycles. The third-order valence-corrected chi connectivity index (χ3v) is 12.8. The fourth-order valence-electron chi connectivity index (χ4n) is 8.19. The fraction of sp³-hybridized carbons (Fsp3) is 0.346. The van der Waals surface area contributed by atoms with Gasteiger partial charge in [-0.25, -0.2) is 28.3 Å². The number of pyridine rings is 1. The maximum atomic E-state index is 15.3. The predicted octanol–water partition coefficient (Wildman–Crippen LogP) is 8.12. The molecule has 1 aliphatic rings. The van der Waals surface area contributed by atoms with Crippen LogP contribution in [0, 0.1) is 30.9 Å². The fourth-order valence-corrected chi connectivity index (χ4v) is 9.00. The third-order valence-electron chi connectivity index (χ3n) is 11.8. The van der Waals surface area contributed by atoms with Crippen molar-refractivity contribution in [1.82, 2.24) is 25.5 Å². The van der Waals surface area contributed by atoms with Crippen LogP contribution in [0.5, 0.6) is 5.75 Å². The molecule has 0 spiro atoms. The minimum atomic E-state index is -1.19. The number of rotatable bonds is 19. The number of halogens is 2. The maximum Gasteiger partial charge on any atom is 0.407 e. The average Bonchev–Trinajstić information content (AvgIpc) is 3.95. The van der Waals surface area contributed by atoms with E-state index in [1.54, 1.807) is 80.9 Å². The van der Waals surface area contributed by atoms with E-state index < -0.39 is 59.1 Å². The van der Waals surface area contributed by atoms with Crippen LogP contribution in [-0.4, -0.2) is 113 Å². The number of ether oxygens (including phenoxy) is 4. The molecule has 4 N–H and O–H groups in total. The summed E-state index contributed by atoms with van der Waals surface area (Å²) in [6.45, 7) is 9.74. The smallest absolute Gasteiger partial charge is 0.407 e. The normalized spacial score (nSPS) is 15.2. The van der Waals surface area contributed by atoms with Crippen LogP contribution in [0.4, 0.5) is 13.6 Å². The Morgan fingerprint density at radius 2 is 1.53 bits per heavy atom. The molecule has 1 unspecified atom stereocenters. The molecule has 70 heavy (non-hydrogen) atoms. The van der Waals surface area contributed by atoms with Gasteiger partial charge in [0, 0.05) is 42.1 Å². The second-order valence-corrected chi connectivity index (χ2v) is 18.7. The first-order chi connectivity index (χ1) is 33.5. The Labute approximate surface area is 407 Å². The van der Waals surface area contributed by atoms with Gasteiger partial charge in [0.1, 0.15) is 42.7 Å². The van der Waals surface area contributed by atoms with E-state index >= 15 is 4.39 Å². The molecule has 1 fully saturated rings. The number of hydrogen-bond donors (Lipinski definition) is 4. The largest absolute Gasteiger partial charge is 0.491 e. The Morgan fingerprint density at radius 1 is 0.857 bits per heavy atom. The quantitative estimate of drug-likeness (QED) is 0.0570. The number of aromatic carboxylic acids is 1. The van der Waals surface area contributed by atoms with Crippen molar-refractivity contribution in [3.63, 3.8) is 0 Å². The number of carboxylic acid groups (broad SMARTS) is 1. The number of aromatic nitrogens is 2. The first-order valence-electron chi connectivity index (χ1n) is 22.7. The summed E-state index contributed by atoms with van der Waals surface area (Å²) in [6, 6.07) is 21.0. The number of alkyl carbamates (subject to hydrolysis) is 1. The van der Waals surface area contributed by atoms with Crippen LogP contribution in [0.15, 0.2) is 90.4 Å². The standard InChI is InChI=1S/C52H55F2N5O10S/c1-30-44(50(63)64)40-24-36(53)14-17-42(40)57-45(30)34-12-10-33(11-13-34)39-16-15-38(26-41(39)54)68-22-20-66-18-19-67-21-23-69-51(65)58-47(52(3,4)5)49(62)59-28-37(60)25-43(59)48(61)55-27-32-6-8-35(9-7-32)46-31(2)56-29-70-46/h6-17,24,26,29,37,43,47,60H,18-23,25,27-28H2,1-5H3,(H,55,61)(H,58,65)(H,63,64)/t37-,43?,47-/m1/s1. The number of aliphatic hydroxyl groups is 1. The average molecular weight is 980 g/mol. The highest BCUT2D eigenvalue weighted by molar-refractivity contribution is 7.13. The summed E-state index contributed by atoms with van der Waals surface area (Å²) in [4.78, 5) is 63.6. The van der Waals surface area contributed by atoms with Crippen LogP contribution in [0.2, 0.25) is 0 Å². The van der Waals surface area contributed by atoms with Crippen LogP contribution < -0.4 is 15.4 Å². The van der Waals surface area contributed by atoms with Gasteiger partial charge < -0.3 is 44.7 Å². The van der Waals surface area contributed by atoms with Gasteiger partial charge in [0.2, 0.25) is 11.8 Å². The third kappa shape index (κ3) is 12.5. The number of nitrogens with one attached hydrogen (secondary N) is 2. The molecule has 3 atom stereocenters. The number of nitrogens with zero attached hydrogens (tertiary/aromatic N) is 3. The van der Waals surface area contributed by atoms with Crippen LogP contribution in [0.1, 0.15) is 54.4 Å². The number of aliphatic hydroxyl groups excluding tert-OH is 1. The summed E-state index contributed by atoms with van der Waals surface area (Å²) in [6.07, 6.45) is -1.69. The lowest BCUT2D eigenvalue weighted by atomic mass is 9.85. The van der Waals surface area contributed by atoms with Gasteiger partial charge in [-0.2, -0.15) is 0 Å². The summed E-state index contributed by atoms with van der Waals surface area (Å²) in [5.74, 6) is -2.88. The number of carbonyl (C=O) groups excluding carboxylic acids is 3. The minimum absolute atomic E-state index is 0.0325. The SMILES string of the molecule is Cc1ncsc1-c1ccc(CNC(=O)C2C[C@@H](O)CN2C(=O)[C@@H](NC(=O)OCCOCCOCCOc2ccc(-c3ccc(-c4nc5ccc(F)cc5c(C(=O)O)c4C)cc3)c(F)c2)C(C)(C)C)cc1. The molecule has 18 heteroatoms. The number of amides is 3. The van der Waals surface area contributed by atoms with E-state index in [0.717, 1.165) is 27.8 Å². The number of hydrogen-bond acceptors (Lipinski definition) is 12. The van der Waals surface area contributed by atoms with E-state index in [4.69, 9.17) is 18.9 Å². The number of thiazole rings is 1. The summed E-state index contributed by atoms with van der Waals surface area (Å²) >= 11 is 1.56.